The lowest BCUT2D eigenvalue weighted by Crippen LogP contribution is -2.29. The van der Waals surface area contributed by atoms with Gasteiger partial charge in [0.25, 0.3) is 5.91 Å². The third-order valence-electron chi connectivity index (χ3n) is 4.27. The number of amides is 1. The highest BCUT2D eigenvalue weighted by molar-refractivity contribution is 5.94. The molecule has 1 heterocycles. The number of hydrogen-bond acceptors (Lipinski definition) is 4. The third-order valence-corrected chi connectivity index (χ3v) is 4.27. The molecule has 0 unspecified atom stereocenters. The Kier molecular flexibility index (Phi) is 5.44. The molecule has 2 aromatic carbocycles. The van der Waals surface area contributed by atoms with Crippen molar-refractivity contribution in [3.63, 3.8) is 0 Å². The standard InChI is InChI=1S/C19H18F2N4O2/c1-13(14-6-8-16(9-7-14)25-12-22-11-23-25)24(2)18(26)15-4-3-5-17(10-15)27-19(20)21/h3-13,19H,1-2H3/t13-/m1/s1. The van der Waals surface area contributed by atoms with Gasteiger partial charge in [-0.25, -0.2) is 9.67 Å². The van der Waals surface area contributed by atoms with E-state index in [2.05, 4.69) is 14.8 Å². The lowest BCUT2D eigenvalue weighted by molar-refractivity contribution is -0.0499. The number of nitrogens with zero attached hydrogens (tertiary/aromatic N) is 4. The normalized spacial score (nSPS) is 12.0. The molecule has 0 aliphatic carbocycles. The molecule has 0 aliphatic heterocycles. The molecular weight excluding hydrogens is 354 g/mol. The van der Waals surface area contributed by atoms with Crippen molar-refractivity contribution < 1.29 is 18.3 Å². The zero-order chi connectivity index (χ0) is 19.4. The van der Waals surface area contributed by atoms with Crippen molar-refractivity contribution in [3.05, 3.63) is 72.3 Å². The van der Waals surface area contributed by atoms with Gasteiger partial charge < -0.3 is 9.64 Å². The summed E-state index contributed by atoms with van der Waals surface area (Å²) in [5, 5.41) is 4.07. The SMILES string of the molecule is C[C@H](c1ccc(-n2cncn2)cc1)N(C)C(=O)c1cccc(OC(F)F)c1. The number of benzene rings is 2. The molecule has 140 valence electrons. The summed E-state index contributed by atoms with van der Waals surface area (Å²) in [7, 11) is 1.67. The number of hydrogen-bond donors (Lipinski definition) is 0. The first kappa shape index (κ1) is 18.5. The highest BCUT2D eigenvalue weighted by atomic mass is 19.3. The number of carbonyl (C=O) groups excluding carboxylic acids is 1. The molecule has 0 bridgehead atoms. The van der Waals surface area contributed by atoms with E-state index in [-0.39, 0.29) is 23.3 Å². The van der Waals surface area contributed by atoms with Crippen LogP contribution in [0.3, 0.4) is 0 Å². The molecule has 27 heavy (non-hydrogen) atoms. The van der Waals surface area contributed by atoms with Crippen molar-refractivity contribution in [2.45, 2.75) is 19.6 Å². The highest BCUT2D eigenvalue weighted by Crippen LogP contribution is 2.23. The molecule has 0 aliphatic rings. The van der Waals surface area contributed by atoms with Crippen molar-refractivity contribution in [2.75, 3.05) is 7.05 Å². The molecule has 8 heteroatoms. The average Bonchev–Trinajstić information content (AvgIpc) is 3.21. The van der Waals surface area contributed by atoms with E-state index in [0.717, 1.165) is 11.3 Å². The predicted molar refractivity (Wildman–Crippen MR) is 94.9 cm³/mol. The fraction of sp³-hybridized carbons (Fsp3) is 0.211. The first-order valence-corrected chi connectivity index (χ1v) is 8.22. The van der Waals surface area contributed by atoms with Gasteiger partial charge in [-0.1, -0.05) is 18.2 Å². The van der Waals surface area contributed by atoms with E-state index < -0.39 is 6.61 Å². The Balaban J connectivity index is 1.74. The number of ether oxygens (including phenoxy) is 1. The second-order valence-corrected chi connectivity index (χ2v) is 5.93. The second kappa shape index (κ2) is 7.94. The van der Waals surface area contributed by atoms with Gasteiger partial charge in [-0.15, -0.1) is 0 Å². The molecule has 0 saturated heterocycles. The lowest BCUT2D eigenvalue weighted by atomic mass is 10.1. The summed E-state index contributed by atoms with van der Waals surface area (Å²) in [5.74, 6) is -0.336. The van der Waals surface area contributed by atoms with E-state index in [1.54, 1.807) is 29.0 Å². The molecule has 0 radical (unpaired) electrons. The zero-order valence-electron chi connectivity index (χ0n) is 14.8. The Hall–Kier alpha value is -3.29. The monoisotopic (exact) mass is 372 g/mol. The van der Waals surface area contributed by atoms with Gasteiger partial charge in [0.2, 0.25) is 0 Å². The summed E-state index contributed by atoms with van der Waals surface area (Å²) < 4.78 is 30.7. The smallest absolute Gasteiger partial charge is 0.387 e. The highest BCUT2D eigenvalue weighted by Gasteiger charge is 2.20. The molecule has 1 atom stereocenters. The van der Waals surface area contributed by atoms with Crippen molar-refractivity contribution in [2.24, 2.45) is 0 Å². The molecular formula is C19H18F2N4O2. The maximum Gasteiger partial charge on any atom is 0.387 e. The van der Waals surface area contributed by atoms with E-state index in [0.29, 0.717) is 0 Å². The minimum absolute atomic E-state index is 0.0471. The first-order chi connectivity index (χ1) is 13.0. The summed E-state index contributed by atoms with van der Waals surface area (Å²) in [6.45, 7) is -1.04. The van der Waals surface area contributed by atoms with Crippen LogP contribution in [0.25, 0.3) is 5.69 Å². The fourth-order valence-corrected chi connectivity index (χ4v) is 2.66. The number of halogens is 2. The van der Waals surface area contributed by atoms with Gasteiger partial charge in [0, 0.05) is 12.6 Å². The van der Waals surface area contributed by atoms with Crippen LogP contribution in [0, 0.1) is 0 Å². The summed E-state index contributed by atoms with van der Waals surface area (Å²) >= 11 is 0. The summed E-state index contributed by atoms with van der Waals surface area (Å²) in [5.41, 5.74) is 2.06. The molecule has 0 spiro atoms. The number of rotatable bonds is 6. The Morgan fingerprint density at radius 1 is 1.19 bits per heavy atom. The predicted octanol–water partition coefficient (Wildman–Crippen LogP) is 3.70. The topological polar surface area (TPSA) is 60.2 Å². The molecule has 3 rings (SSSR count). The number of alkyl halides is 2. The Bertz CT molecular complexity index is 898. The van der Waals surface area contributed by atoms with Crippen LogP contribution in [0.4, 0.5) is 8.78 Å². The summed E-state index contributed by atoms with van der Waals surface area (Å²) in [6, 6.07) is 13.1. The summed E-state index contributed by atoms with van der Waals surface area (Å²) in [4.78, 5) is 18.2. The molecule has 0 fully saturated rings. The van der Waals surface area contributed by atoms with Crippen LogP contribution in [0.5, 0.6) is 5.75 Å². The number of carbonyl (C=O) groups is 1. The van der Waals surface area contributed by atoms with Gasteiger partial charge in [-0.2, -0.15) is 13.9 Å². The van der Waals surface area contributed by atoms with E-state index in [4.69, 9.17) is 0 Å². The van der Waals surface area contributed by atoms with Crippen LogP contribution in [0.2, 0.25) is 0 Å². The van der Waals surface area contributed by atoms with Crippen molar-refractivity contribution in [1.29, 1.82) is 0 Å². The molecule has 6 nitrogen and oxygen atoms in total. The Labute approximate surface area is 155 Å². The van der Waals surface area contributed by atoms with Gasteiger partial charge in [-0.3, -0.25) is 4.79 Å². The van der Waals surface area contributed by atoms with E-state index in [1.807, 2.05) is 31.2 Å². The van der Waals surface area contributed by atoms with Crippen molar-refractivity contribution in [1.82, 2.24) is 19.7 Å². The van der Waals surface area contributed by atoms with Crippen LogP contribution in [0.1, 0.15) is 28.9 Å². The van der Waals surface area contributed by atoms with Crippen LogP contribution < -0.4 is 4.74 Å². The third kappa shape index (κ3) is 4.28. The largest absolute Gasteiger partial charge is 0.435 e. The van der Waals surface area contributed by atoms with Gasteiger partial charge in [-0.05, 0) is 42.8 Å². The fourth-order valence-electron chi connectivity index (χ4n) is 2.66. The van der Waals surface area contributed by atoms with Crippen LogP contribution in [-0.4, -0.2) is 39.2 Å². The maximum absolute atomic E-state index is 12.7. The quantitative estimate of drug-likeness (QED) is 0.662. The zero-order valence-corrected chi connectivity index (χ0v) is 14.8. The van der Waals surface area contributed by atoms with E-state index in [9.17, 15) is 13.6 Å². The van der Waals surface area contributed by atoms with E-state index >= 15 is 0 Å². The molecule has 0 saturated carbocycles. The Morgan fingerprint density at radius 3 is 2.56 bits per heavy atom. The van der Waals surface area contributed by atoms with Crippen molar-refractivity contribution >= 4 is 5.91 Å². The van der Waals surface area contributed by atoms with Crippen LogP contribution in [0.15, 0.2) is 61.2 Å². The maximum atomic E-state index is 12.7. The molecule has 1 aromatic heterocycles. The van der Waals surface area contributed by atoms with Gasteiger partial charge in [0.15, 0.2) is 0 Å². The lowest BCUT2D eigenvalue weighted by Gasteiger charge is -2.25. The first-order valence-electron chi connectivity index (χ1n) is 8.22. The number of aromatic nitrogens is 3. The van der Waals surface area contributed by atoms with E-state index in [1.165, 1.54) is 24.5 Å². The average molecular weight is 372 g/mol. The van der Waals surface area contributed by atoms with Crippen molar-refractivity contribution in [3.8, 4) is 11.4 Å². The molecule has 3 aromatic rings. The van der Waals surface area contributed by atoms with Gasteiger partial charge in [0.1, 0.15) is 18.4 Å². The minimum atomic E-state index is -2.93. The molecule has 1 amide bonds. The van der Waals surface area contributed by atoms with Crippen LogP contribution >= 0.6 is 0 Å². The Morgan fingerprint density at radius 2 is 1.93 bits per heavy atom. The second-order valence-electron chi connectivity index (χ2n) is 5.93. The van der Waals surface area contributed by atoms with Gasteiger partial charge in [0.05, 0.1) is 11.7 Å². The summed E-state index contributed by atoms with van der Waals surface area (Å²) in [6.07, 6.45) is 3.05. The van der Waals surface area contributed by atoms with Gasteiger partial charge >= 0.3 is 6.61 Å². The molecule has 0 N–H and O–H groups in total. The minimum Gasteiger partial charge on any atom is -0.435 e. The van der Waals surface area contributed by atoms with Crippen LogP contribution in [-0.2, 0) is 0 Å².